The third kappa shape index (κ3) is 4.12. The first-order valence-corrected chi connectivity index (χ1v) is 7.50. The van der Waals surface area contributed by atoms with Crippen molar-refractivity contribution in [1.29, 1.82) is 0 Å². The van der Waals surface area contributed by atoms with Crippen LogP contribution in [0.2, 0.25) is 5.15 Å². The van der Waals surface area contributed by atoms with E-state index < -0.39 is 0 Å². The second-order valence-electron chi connectivity index (χ2n) is 5.55. The van der Waals surface area contributed by atoms with E-state index in [1.807, 2.05) is 0 Å². The van der Waals surface area contributed by atoms with Crippen LogP contribution >= 0.6 is 11.6 Å². The number of anilines is 1. The molecule has 0 atom stereocenters. The molecule has 0 spiro atoms. The molecule has 0 saturated carbocycles. The number of carbonyl (C=O) groups excluding carboxylic acids is 1. The van der Waals surface area contributed by atoms with Crippen molar-refractivity contribution in [2.75, 3.05) is 58.3 Å². The summed E-state index contributed by atoms with van der Waals surface area (Å²) in [4.78, 5) is 26.4. The molecule has 0 unspecified atom stereocenters. The van der Waals surface area contributed by atoms with Crippen LogP contribution < -0.4 is 4.90 Å². The molecule has 1 aromatic rings. The third-order valence-corrected chi connectivity index (χ3v) is 3.93. The zero-order valence-electron chi connectivity index (χ0n) is 12.8. The van der Waals surface area contributed by atoms with Crippen LogP contribution in [-0.2, 0) is 0 Å². The van der Waals surface area contributed by atoms with E-state index in [0.717, 1.165) is 45.6 Å². The lowest BCUT2D eigenvalue weighted by molar-refractivity contribution is 0.112. The number of aromatic nitrogens is 2. The smallest absolute Gasteiger partial charge is 0.156 e. The van der Waals surface area contributed by atoms with Gasteiger partial charge in [0.1, 0.15) is 16.8 Å². The first-order valence-electron chi connectivity index (χ1n) is 7.12. The molecule has 116 valence electrons. The van der Waals surface area contributed by atoms with Gasteiger partial charge in [-0.1, -0.05) is 11.6 Å². The van der Waals surface area contributed by atoms with Gasteiger partial charge in [0, 0.05) is 39.3 Å². The molecular weight excluding hydrogens is 290 g/mol. The van der Waals surface area contributed by atoms with Crippen molar-refractivity contribution in [3.63, 3.8) is 0 Å². The Labute approximate surface area is 130 Å². The zero-order chi connectivity index (χ0) is 15.4. The van der Waals surface area contributed by atoms with E-state index in [0.29, 0.717) is 17.2 Å². The Morgan fingerprint density at radius 2 is 1.90 bits per heavy atom. The number of hydrogen-bond acceptors (Lipinski definition) is 6. The van der Waals surface area contributed by atoms with E-state index in [-0.39, 0.29) is 5.15 Å². The summed E-state index contributed by atoms with van der Waals surface area (Å²) in [6, 6.07) is 0. The molecule has 2 heterocycles. The average molecular weight is 312 g/mol. The van der Waals surface area contributed by atoms with Crippen LogP contribution in [0.4, 0.5) is 5.82 Å². The summed E-state index contributed by atoms with van der Waals surface area (Å²) in [5.41, 5.74) is 0.393. The molecule has 1 aromatic heterocycles. The van der Waals surface area contributed by atoms with E-state index in [4.69, 9.17) is 11.6 Å². The van der Waals surface area contributed by atoms with Gasteiger partial charge in [0.05, 0.1) is 5.56 Å². The Morgan fingerprint density at radius 3 is 2.48 bits per heavy atom. The van der Waals surface area contributed by atoms with Crippen molar-refractivity contribution in [1.82, 2.24) is 19.8 Å². The molecule has 0 amide bonds. The minimum atomic E-state index is 0.238. The van der Waals surface area contributed by atoms with Gasteiger partial charge in [0.15, 0.2) is 6.29 Å². The van der Waals surface area contributed by atoms with Gasteiger partial charge < -0.3 is 9.80 Å². The molecule has 7 heteroatoms. The summed E-state index contributed by atoms with van der Waals surface area (Å²) >= 11 is 6.04. The van der Waals surface area contributed by atoms with E-state index >= 15 is 0 Å². The molecule has 1 fully saturated rings. The summed E-state index contributed by atoms with van der Waals surface area (Å²) in [7, 11) is 4.16. The molecule has 1 aliphatic heterocycles. The fourth-order valence-electron chi connectivity index (χ4n) is 2.40. The number of nitrogens with zero attached hydrogens (tertiary/aromatic N) is 5. The number of likely N-dealkylation sites (N-methyl/N-ethyl adjacent to an activating group) is 1. The molecule has 1 aliphatic rings. The number of rotatable bonds is 5. The second-order valence-corrected chi connectivity index (χ2v) is 5.91. The van der Waals surface area contributed by atoms with Crippen LogP contribution in [0.3, 0.4) is 0 Å². The Kier molecular flexibility index (Phi) is 5.50. The Hall–Kier alpha value is -1.24. The van der Waals surface area contributed by atoms with Gasteiger partial charge in [-0.15, -0.1) is 0 Å². The number of piperazine rings is 1. The fraction of sp³-hybridized carbons (Fsp3) is 0.643. The number of aryl methyl sites for hydroxylation is 1. The first-order chi connectivity index (χ1) is 10.0. The molecule has 0 radical (unpaired) electrons. The molecule has 0 bridgehead atoms. The number of aldehydes is 1. The molecular formula is C14H22ClN5O. The van der Waals surface area contributed by atoms with Crippen molar-refractivity contribution < 1.29 is 4.79 Å². The number of hydrogen-bond donors (Lipinski definition) is 0. The number of carbonyl (C=O) groups is 1. The minimum absolute atomic E-state index is 0.238. The largest absolute Gasteiger partial charge is 0.353 e. The predicted octanol–water partition coefficient (Wildman–Crippen LogP) is 0.935. The highest BCUT2D eigenvalue weighted by atomic mass is 35.5. The lowest BCUT2D eigenvalue weighted by Gasteiger charge is -2.36. The van der Waals surface area contributed by atoms with Crippen LogP contribution in [0.25, 0.3) is 0 Å². The summed E-state index contributed by atoms with van der Waals surface area (Å²) in [6.45, 7) is 7.53. The van der Waals surface area contributed by atoms with Gasteiger partial charge in [0.25, 0.3) is 0 Å². The maximum absolute atomic E-state index is 11.2. The SMILES string of the molecule is Cc1nc(Cl)c(C=O)c(N2CCN(CCN(C)C)CC2)n1. The molecule has 2 rings (SSSR count). The van der Waals surface area contributed by atoms with E-state index in [9.17, 15) is 4.79 Å². The summed E-state index contributed by atoms with van der Waals surface area (Å²) in [5, 5.41) is 0.238. The lowest BCUT2D eigenvalue weighted by Crippen LogP contribution is -2.48. The van der Waals surface area contributed by atoms with Crippen LogP contribution in [-0.4, -0.2) is 79.4 Å². The maximum Gasteiger partial charge on any atom is 0.156 e. The van der Waals surface area contributed by atoms with Crippen molar-refractivity contribution in [2.45, 2.75) is 6.92 Å². The highest BCUT2D eigenvalue weighted by Crippen LogP contribution is 2.23. The third-order valence-electron chi connectivity index (χ3n) is 3.64. The van der Waals surface area contributed by atoms with Gasteiger partial charge in [-0.05, 0) is 21.0 Å². The van der Waals surface area contributed by atoms with Gasteiger partial charge in [0.2, 0.25) is 0 Å². The van der Waals surface area contributed by atoms with Crippen LogP contribution in [0, 0.1) is 6.92 Å². The predicted molar refractivity (Wildman–Crippen MR) is 84.4 cm³/mol. The van der Waals surface area contributed by atoms with Crippen molar-refractivity contribution in [2.24, 2.45) is 0 Å². The van der Waals surface area contributed by atoms with Gasteiger partial charge in [-0.2, -0.15) is 0 Å². The molecule has 0 aromatic carbocycles. The van der Waals surface area contributed by atoms with Crippen molar-refractivity contribution in [3.8, 4) is 0 Å². The molecule has 6 nitrogen and oxygen atoms in total. The Morgan fingerprint density at radius 1 is 1.24 bits per heavy atom. The molecule has 1 saturated heterocycles. The van der Waals surface area contributed by atoms with E-state index in [1.165, 1.54) is 0 Å². The second kappa shape index (κ2) is 7.15. The summed E-state index contributed by atoms with van der Waals surface area (Å²) in [6.07, 6.45) is 0.746. The monoisotopic (exact) mass is 311 g/mol. The fourth-order valence-corrected chi connectivity index (χ4v) is 2.65. The van der Waals surface area contributed by atoms with Gasteiger partial charge in [-0.25, -0.2) is 9.97 Å². The lowest BCUT2D eigenvalue weighted by atomic mass is 10.2. The van der Waals surface area contributed by atoms with Gasteiger partial charge in [-0.3, -0.25) is 9.69 Å². The topological polar surface area (TPSA) is 52.6 Å². The zero-order valence-corrected chi connectivity index (χ0v) is 13.6. The highest BCUT2D eigenvalue weighted by molar-refractivity contribution is 6.32. The quantitative estimate of drug-likeness (QED) is 0.596. The standard InChI is InChI=1S/C14H22ClN5O/c1-11-16-13(15)12(10-21)14(17-11)20-8-6-19(7-9-20)5-4-18(2)3/h10H,4-9H2,1-3H3. The Bertz CT molecular complexity index is 500. The van der Waals surface area contributed by atoms with E-state index in [1.54, 1.807) is 6.92 Å². The molecule has 0 aliphatic carbocycles. The van der Waals surface area contributed by atoms with E-state index in [2.05, 4.69) is 38.8 Å². The average Bonchev–Trinajstić information content (AvgIpc) is 2.45. The van der Waals surface area contributed by atoms with Crippen molar-refractivity contribution in [3.05, 3.63) is 16.5 Å². The molecule has 21 heavy (non-hydrogen) atoms. The Balaban J connectivity index is 2.04. The van der Waals surface area contributed by atoms with Crippen LogP contribution in [0.1, 0.15) is 16.2 Å². The highest BCUT2D eigenvalue weighted by Gasteiger charge is 2.22. The van der Waals surface area contributed by atoms with Gasteiger partial charge >= 0.3 is 0 Å². The first kappa shape index (κ1) is 16.1. The minimum Gasteiger partial charge on any atom is -0.353 e. The van der Waals surface area contributed by atoms with Crippen LogP contribution in [0.15, 0.2) is 0 Å². The molecule has 0 N–H and O–H groups in total. The maximum atomic E-state index is 11.2. The normalized spacial score (nSPS) is 16.5. The van der Waals surface area contributed by atoms with Crippen molar-refractivity contribution >= 4 is 23.7 Å². The van der Waals surface area contributed by atoms with Crippen LogP contribution in [0.5, 0.6) is 0 Å². The summed E-state index contributed by atoms with van der Waals surface area (Å²) in [5.74, 6) is 1.25. The summed E-state index contributed by atoms with van der Waals surface area (Å²) < 4.78 is 0. The number of halogens is 1.